The van der Waals surface area contributed by atoms with Gasteiger partial charge in [0.15, 0.2) is 0 Å². The molecule has 106 valence electrons. The van der Waals surface area contributed by atoms with Crippen molar-refractivity contribution in [1.82, 2.24) is 10.2 Å². The highest BCUT2D eigenvalue weighted by molar-refractivity contribution is 4.90. The second kappa shape index (κ2) is 6.36. The average molecular weight is 254 g/mol. The minimum atomic E-state index is 0.348. The van der Waals surface area contributed by atoms with Gasteiger partial charge in [-0.25, -0.2) is 0 Å². The molecule has 0 aromatic carbocycles. The molecule has 0 amide bonds. The van der Waals surface area contributed by atoms with Gasteiger partial charge >= 0.3 is 0 Å². The normalized spacial score (nSPS) is 34.3. The van der Waals surface area contributed by atoms with E-state index in [4.69, 9.17) is 4.74 Å². The van der Waals surface area contributed by atoms with Crippen molar-refractivity contribution >= 4 is 0 Å². The van der Waals surface area contributed by atoms with E-state index in [2.05, 4.69) is 31.0 Å². The minimum absolute atomic E-state index is 0.348. The highest BCUT2D eigenvalue weighted by atomic mass is 16.5. The van der Waals surface area contributed by atoms with Crippen LogP contribution < -0.4 is 5.32 Å². The zero-order chi connectivity index (χ0) is 13.0. The first-order valence-electron chi connectivity index (χ1n) is 7.66. The molecule has 2 heterocycles. The average Bonchev–Trinajstić information content (AvgIpc) is 2.74. The fourth-order valence-electron chi connectivity index (χ4n) is 3.31. The summed E-state index contributed by atoms with van der Waals surface area (Å²) in [7, 11) is 0. The first-order valence-corrected chi connectivity index (χ1v) is 7.66. The van der Waals surface area contributed by atoms with E-state index in [-0.39, 0.29) is 0 Å². The summed E-state index contributed by atoms with van der Waals surface area (Å²) in [6.07, 6.45) is 5.28. The Balaban J connectivity index is 1.94. The molecule has 0 saturated carbocycles. The highest BCUT2D eigenvalue weighted by Crippen LogP contribution is 2.32. The predicted molar refractivity (Wildman–Crippen MR) is 75.9 cm³/mol. The van der Waals surface area contributed by atoms with Gasteiger partial charge in [0.1, 0.15) is 0 Å². The van der Waals surface area contributed by atoms with E-state index in [9.17, 15) is 0 Å². The van der Waals surface area contributed by atoms with E-state index >= 15 is 0 Å². The van der Waals surface area contributed by atoms with E-state index in [0.29, 0.717) is 11.5 Å². The minimum Gasteiger partial charge on any atom is -0.381 e. The van der Waals surface area contributed by atoms with E-state index in [1.807, 2.05) is 0 Å². The molecule has 0 aromatic rings. The Morgan fingerprint density at radius 3 is 2.78 bits per heavy atom. The van der Waals surface area contributed by atoms with Gasteiger partial charge < -0.3 is 10.1 Å². The van der Waals surface area contributed by atoms with Crippen LogP contribution in [0, 0.1) is 5.41 Å². The number of rotatable bonds is 5. The van der Waals surface area contributed by atoms with Gasteiger partial charge in [0.2, 0.25) is 0 Å². The molecule has 0 spiro atoms. The standard InChI is InChI=1S/C15H30N2O/c1-13(2)16-10-15(7-5-9-18-12-15)11-17-8-4-6-14(17)3/h13-14,16H,4-12H2,1-3H3. The first-order chi connectivity index (χ1) is 8.61. The van der Waals surface area contributed by atoms with Crippen molar-refractivity contribution in [1.29, 1.82) is 0 Å². The van der Waals surface area contributed by atoms with Gasteiger partial charge in [-0.05, 0) is 39.2 Å². The molecule has 2 unspecified atom stereocenters. The fourth-order valence-corrected chi connectivity index (χ4v) is 3.31. The molecule has 2 atom stereocenters. The summed E-state index contributed by atoms with van der Waals surface area (Å²) in [5.41, 5.74) is 0.348. The Kier molecular flexibility index (Phi) is 5.05. The summed E-state index contributed by atoms with van der Waals surface area (Å²) in [5, 5.41) is 3.64. The maximum absolute atomic E-state index is 5.80. The Hall–Kier alpha value is -0.120. The van der Waals surface area contributed by atoms with Crippen LogP contribution in [0.4, 0.5) is 0 Å². The number of nitrogens with one attached hydrogen (secondary N) is 1. The summed E-state index contributed by atoms with van der Waals surface area (Å²) >= 11 is 0. The number of nitrogens with zero attached hydrogens (tertiary/aromatic N) is 1. The number of hydrogen-bond acceptors (Lipinski definition) is 3. The summed E-state index contributed by atoms with van der Waals surface area (Å²) in [6, 6.07) is 1.34. The molecule has 0 aromatic heterocycles. The third kappa shape index (κ3) is 3.69. The van der Waals surface area contributed by atoms with Gasteiger partial charge in [-0.15, -0.1) is 0 Å². The van der Waals surface area contributed by atoms with E-state index in [1.165, 1.54) is 38.8 Å². The van der Waals surface area contributed by atoms with Crippen LogP contribution in [0.25, 0.3) is 0 Å². The van der Waals surface area contributed by atoms with E-state index in [1.54, 1.807) is 0 Å². The molecule has 2 aliphatic rings. The topological polar surface area (TPSA) is 24.5 Å². The van der Waals surface area contributed by atoms with E-state index in [0.717, 1.165) is 25.8 Å². The monoisotopic (exact) mass is 254 g/mol. The lowest BCUT2D eigenvalue weighted by Crippen LogP contribution is -2.50. The number of ether oxygens (including phenoxy) is 1. The SMILES string of the molecule is CC(C)NCC1(CN2CCCC2C)CCCOC1. The second-order valence-corrected chi connectivity index (χ2v) is 6.65. The summed E-state index contributed by atoms with van der Waals surface area (Å²) in [6.45, 7) is 12.3. The van der Waals surface area contributed by atoms with Crippen molar-refractivity contribution in [2.75, 3.05) is 32.8 Å². The number of likely N-dealkylation sites (tertiary alicyclic amines) is 1. The van der Waals surface area contributed by atoms with Gasteiger partial charge in [-0.1, -0.05) is 13.8 Å². The summed E-state index contributed by atoms with van der Waals surface area (Å²) < 4.78 is 5.80. The van der Waals surface area contributed by atoms with Crippen molar-refractivity contribution in [3.05, 3.63) is 0 Å². The zero-order valence-electron chi connectivity index (χ0n) is 12.4. The van der Waals surface area contributed by atoms with Crippen LogP contribution >= 0.6 is 0 Å². The Morgan fingerprint density at radius 2 is 2.22 bits per heavy atom. The molecule has 3 heteroatoms. The predicted octanol–water partition coefficient (Wildman–Crippen LogP) is 2.27. The van der Waals surface area contributed by atoms with Crippen molar-refractivity contribution in [2.45, 2.75) is 58.5 Å². The van der Waals surface area contributed by atoms with Gasteiger partial charge in [0.05, 0.1) is 6.61 Å². The van der Waals surface area contributed by atoms with Crippen molar-refractivity contribution in [3.63, 3.8) is 0 Å². The van der Waals surface area contributed by atoms with Crippen LogP contribution in [0.2, 0.25) is 0 Å². The molecule has 0 bridgehead atoms. The molecular weight excluding hydrogens is 224 g/mol. The quantitative estimate of drug-likeness (QED) is 0.814. The Bertz CT molecular complexity index is 249. The fraction of sp³-hybridized carbons (Fsp3) is 1.00. The molecule has 3 nitrogen and oxygen atoms in total. The second-order valence-electron chi connectivity index (χ2n) is 6.65. The summed E-state index contributed by atoms with van der Waals surface area (Å²) in [4.78, 5) is 2.68. The lowest BCUT2D eigenvalue weighted by molar-refractivity contribution is -0.0280. The van der Waals surface area contributed by atoms with Crippen LogP contribution in [0.3, 0.4) is 0 Å². The van der Waals surface area contributed by atoms with Crippen LogP contribution in [-0.4, -0.2) is 49.8 Å². The first kappa shape index (κ1) is 14.3. The molecule has 2 aliphatic heterocycles. The van der Waals surface area contributed by atoms with E-state index < -0.39 is 0 Å². The van der Waals surface area contributed by atoms with Crippen LogP contribution in [0.5, 0.6) is 0 Å². The lowest BCUT2D eigenvalue weighted by Gasteiger charge is -2.41. The molecular formula is C15H30N2O. The van der Waals surface area contributed by atoms with Crippen LogP contribution in [0.1, 0.15) is 46.5 Å². The largest absolute Gasteiger partial charge is 0.381 e. The highest BCUT2D eigenvalue weighted by Gasteiger charge is 2.36. The Labute approximate surface area is 112 Å². The Morgan fingerprint density at radius 1 is 1.39 bits per heavy atom. The molecule has 2 fully saturated rings. The van der Waals surface area contributed by atoms with Gasteiger partial charge in [-0.2, -0.15) is 0 Å². The maximum atomic E-state index is 5.80. The molecule has 1 N–H and O–H groups in total. The van der Waals surface area contributed by atoms with Gasteiger partial charge in [0.25, 0.3) is 0 Å². The lowest BCUT2D eigenvalue weighted by atomic mass is 9.81. The van der Waals surface area contributed by atoms with Gasteiger partial charge in [-0.3, -0.25) is 4.90 Å². The van der Waals surface area contributed by atoms with Crippen LogP contribution in [0.15, 0.2) is 0 Å². The number of hydrogen-bond donors (Lipinski definition) is 1. The zero-order valence-corrected chi connectivity index (χ0v) is 12.4. The summed E-state index contributed by atoms with van der Waals surface area (Å²) in [5.74, 6) is 0. The van der Waals surface area contributed by atoms with Crippen molar-refractivity contribution in [2.24, 2.45) is 5.41 Å². The molecule has 2 rings (SSSR count). The third-order valence-electron chi connectivity index (χ3n) is 4.52. The third-order valence-corrected chi connectivity index (χ3v) is 4.52. The van der Waals surface area contributed by atoms with Crippen molar-refractivity contribution < 1.29 is 4.74 Å². The smallest absolute Gasteiger partial charge is 0.0546 e. The molecule has 2 saturated heterocycles. The van der Waals surface area contributed by atoms with Crippen molar-refractivity contribution in [3.8, 4) is 0 Å². The molecule has 0 aliphatic carbocycles. The van der Waals surface area contributed by atoms with Gasteiger partial charge in [0, 0.05) is 37.2 Å². The maximum Gasteiger partial charge on any atom is 0.0546 e. The molecule has 0 radical (unpaired) electrons. The van der Waals surface area contributed by atoms with Crippen LogP contribution in [-0.2, 0) is 4.74 Å². The molecule has 18 heavy (non-hydrogen) atoms.